The van der Waals surface area contributed by atoms with Crippen LogP contribution < -0.4 is 15.9 Å². The summed E-state index contributed by atoms with van der Waals surface area (Å²) in [6.45, 7) is 0. The van der Waals surface area contributed by atoms with Gasteiger partial charge in [0, 0.05) is 12.1 Å². The van der Waals surface area contributed by atoms with E-state index >= 15 is 0 Å². The molecule has 0 bridgehead atoms. The van der Waals surface area contributed by atoms with Crippen molar-refractivity contribution in [3.05, 3.63) is 39.9 Å². The predicted octanol–water partition coefficient (Wildman–Crippen LogP) is -1.83. The molecule has 1 aliphatic rings. The average molecular weight is 415 g/mol. The molecule has 1 aliphatic heterocycles. The Balaban J connectivity index is 1.84. The summed E-state index contributed by atoms with van der Waals surface area (Å²) in [4.78, 5) is 35.4. The Bertz CT molecular complexity index is 761. The minimum absolute atomic E-state index is 0.0773. The molecule has 0 saturated carbocycles. The lowest BCUT2D eigenvalue weighted by Gasteiger charge is -2.39. The number of nitrogens with zero attached hydrogens (tertiary/aromatic N) is 2. The van der Waals surface area contributed by atoms with Crippen LogP contribution in [0.3, 0.4) is 0 Å². The number of aliphatic hydroxyl groups is 3. The number of aliphatic hydroxyl groups excluding tert-OH is 3. The number of primary amides is 1. The molecule has 0 radical (unpaired) electrons. The number of carbonyl (C=O) groups excluding carboxylic acids is 2. The molecule has 1 heterocycles. The largest absolute Gasteiger partial charge is 0.387 e. The number of carbonyl (C=O) groups is 2. The summed E-state index contributed by atoms with van der Waals surface area (Å²) in [6.07, 6.45) is -6.98. The van der Waals surface area contributed by atoms with Gasteiger partial charge in [-0.05, 0) is 17.7 Å². The van der Waals surface area contributed by atoms with Crippen LogP contribution in [0.15, 0.2) is 29.4 Å². The number of non-ortho nitro benzene ring substituents is 1. The molecule has 1 aromatic rings. The van der Waals surface area contributed by atoms with E-state index in [0.29, 0.717) is 17.5 Å². The van der Waals surface area contributed by atoms with Crippen molar-refractivity contribution in [2.24, 2.45) is 10.8 Å². The van der Waals surface area contributed by atoms with Crippen LogP contribution in [0, 0.1) is 10.1 Å². The fourth-order valence-electron chi connectivity index (χ4n) is 2.23. The number of ether oxygens (including phenoxy) is 1. The lowest BCUT2D eigenvalue weighted by atomic mass is 9.98. The van der Waals surface area contributed by atoms with Gasteiger partial charge in [0.15, 0.2) is 12.3 Å². The number of amides is 2. The summed E-state index contributed by atoms with van der Waals surface area (Å²) in [7, 11) is 0. The van der Waals surface area contributed by atoms with Crippen LogP contribution in [-0.4, -0.2) is 68.2 Å². The molecular formula is C14H17N5O8S. The highest BCUT2D eigenvalue weighted by Crippen LogP contribution is 2.20. The second-order valence-electron chi connectivity index (χ2n) is 5.58. The van der Waals surface area contributed by atoms with E-state index in [2.05, 4.69) is 15.2 Å². The average Bonchev–Trinajstić information content (AvgIpc) is 2.65. The number of nitrogens with one attached hydrogen (secondary N) is 2. The monoisotopic (exact) mass is 415 g/mol. The van der Waals surface area contributed by atoms with Crippen LogP contribution >= 0.6 is 11.9 Å². The van der Waals surface area contributed by atoms with Gasteiger partial charge in [-0.1, -0.05) is 0 Å². The summed E-state index contributed by atoms with van der Waals surface area (Å²) in [6, 6.07) is 5.49. The summed E-state index contributed by atoms with van der Waals surface area (Å²) >= 11 is 0.453. The van der Waals surface area contributed by atoms with E-state index in [0.717, 1.165) is 0 Å². The molecule has 2 amide bonds. The minimum Gasteiger partial charge on any atom is -0.387 e. The fraction of sp³-hybridized carbons (Fsp3) is 0.357. The molecule has 1 fully saturated rings. The van der Waals surface area contributed by atoms with E-state index < -0.39 is 46.7 Å². The molecule has 14 heteroatoms. The van der Waals surface area contributed by atoms with Gasteiger partial charge < -0.3 is 31.1 Å². The summed E-state index contributed by atoms with van der Waals surface area (Å²) < 4.78 is 5.02. The minimum atomic E-state index is -1.75. The van der Waals surface area contributed by atoms with Crippen LogP contribution in [0.4, 0.5) is 10.5 Å². The molecular weight excluding hydrogens is 398 g/mol. The predicted molar refractivity (Wildman–Crippen MR) is 95.8 cm³/mol. The number of benzene rings is 1. The highest BCUT2D eigenvalue weighted by Gasteiger charge is 2.46. The third-order valence-electron chi connectivity index (χ3n) is 3.66. The standard InChI is InChI=1S/C14H17N5O8S/c15-12(23)11-9(21)8(20)10(22)13(27-11)17-14(24)28-18-16-5-6-1-3-7(4-2-6)19(25)26/h1-5,8-11,13,18,20-22H,(H2,15,23)(H,17,24)/b16-5+/t8-,9-,10+,11-,13+/m0/s1. The molecule has 0 spiro atoms. The zero-order chi connectivity index (χ0) is 20.8. The number of nitrogens with two attached hydrogens (primary N) is 1. The lowest BCUT2D eigenvalue weighted by Crippen LogP contribution is -2.64. The lowest BCUT2D eigenvalue weighted by molar-refractivity contribution is -0.384. The first kappa shape index (κ1) is 21.5. The maximum atomic E-state index is 11.8. The first-order valence-corrected chi connectivity index (χ1v) is 8.51. The van der Waals surface area contributed by atoms with Gasteiger partial charge in [-0.2, -0.15) is 5.10 Å². The van der Waals surface area contributed by atoms with Crippen LogP contribution in [-0.2, 0) is 9.53 Å². The third-order valence-corrected chi connectivity index (χ3v) is 4.16. The van der Waals surface area contributed by atoms with E-state index in [9.17, 15) is 35.0 Å². The SMILES string of the molecule is NC(=O)[C@H]1O[C@@H](NC(=O)SN/N=C/c2ccc([N+](=O)[O-])cc2)[C@H](O)[C@@H](O)[C@@H]1O. The quantitative estimate of drug-likeness (QED) is 0.132. The second kappa shape index (κ2) is 9.43. The maximum Gasteiger partial charge on any atom is 0.303 e. The number of hydrogen-bond donors (Lipinski definition) is 6. The molecule has 2 rings (SSSR count). The van der Waals surface area contributed by atoms with Crippen molar-refractivity contribution in [2.75, 3.05) is 0 Å². The topological polar surface area (TPSA) is 210 Å². The van der Waals surface area contributed by atoms with Crippen molar-refractivity contribution in [2.45, 2.75) is 30.6 Å². The van der Waals surface area contributed by atoms with Gasteiger partial charge in [-0.15, -0.1) is 0 Å². The van der Waals surface area contributed by atoms with Crippen molar-refractivity contribution in [3.8, 4) is 0 Å². The van der Waals surface area contributed by atoms with E-state index in [1.807, 2.05) is 0 Å². The van der Waals surface area contributed by atoms with Gasteiger partial charge in [0.05, 0.1) is 23.1 Å². The summed E-state index contributed by atoms with van der Waals surface area (Å²) in [5.41, 5.74) is 5.49. The van der Waals surface area contributed by atoms with Crippen molar-refractivity contribution < 1.29 is 34.6 Å². The van der Waals surface area contributed by atoms with Crippen LogP contribution in [0.25, 0.3) is 0 Å². The third kappa shape index (κ3) is 5.37. The molecule has 13 nitrogen and oxygen atoms in total. The number of nitro groups is 1. The number of hydrazone groups is 1. The second-order valence-corrected chi connectivity index (χ2v) is 6.34. The zero-order valence-electron chi connectivity index (χ0n) is 14.0. The molecule has 152 valence electrons. The normalized spacial score (nSPS) is 27.3. The number of rotatable bonds is 6. The van der Waals surface area contributed by atoms with Crippen LogP contribution in [0.5, 0.6) is 0 Å². The zero-order valence-corrected chi connectivity index (χ0v) is 14.9. The van der Waals surface area contributed by atoms with E-state index in [1.54, 1.807) is 0 Å². The summed E-state index contributed by atoms with van der Waals surface area (Å²) in [5.74, 6) is -1.07. The molecule has 1 aromatic carbocycles. The van der Waals surface area contributed by atoms with Gasteiger partial charge in [0.25, 0.3) is 5.69 Å². The van der Waals surface area contributed by atoms with Gasteiger partial charge in [-0.25, -0.2) is 4.83 Å². The molecule has 7 N–H and O–H groups in total. The van der Waals surface area contributed by atoms with Crippen molar-refractivity contribution in [3.63, 3.8) is 0 Å². The Hall–Kier alpha value is -2.78. The Kier molecular flexibility index (Phi) is 7.24. The number of nitro benzene ring substituents is 1. The summed E-state index contributed by atoms with van der Waals surface area (Å²) in [5, 5.41) is 44.9. The van der Waals surface area contributed by atoms with E-state index in [-0.39, 0.29) is 5.69 Å². The molecule has 1 saturated heterocycles. The molecule has 0 aromatic heterocycles. The molecule has 0 unspecified atom stereocenters. The highest BCUT2D eigenvalue weighted by atomic mass is 32.2. The molecule has 28 heavy (non-hydrogen) atoms. The Morgan fingerprint density at radius 2 is 1.86 bits per heavy atom. The highest BCUT2D eigenvalue weighted by molar-refractivity contribution is 8.11. The van der Waals surface area contributed by atoms with Gasteiger partial charge >= 0.3 is 5.24 Å². The Labute approximate surface area is 161 Å². The van der Waals surface area contributed by atoms with Crippen molar-refractivity contribution in [1.29, 1.82) is 0 Å². The van der Waals surface area contributed by atoms with Crippen molar-refractivity contribution >= 4 is 35.0 Å². The molecule has 5 atom stereocenters. The molecule has 0 aliphatic carbocycles. The van der Waals surface area contributed by atoms with E-state index in [1.165, 1.54) is 30.5 Å². The van der Waals surface area contributed by atoms with Gasteiger partial charge in [-0.3, -0.25) is 19.7 Å². The first-order valence-electron chi connectivity index (χ1n) is 7.69. The Morgan fingerprint density at radius 1 is 1.21 bits per heavy atom. The van der Waals surface area contributed by atoms with Crippen molar-refractivity contribution in [1.82, 2.24) is 10.1 Å². The maximum absolute atomic E-state index is 11.8. The van der Waals surface area contributed by atoms with E-state index in [4.69, 9.17) is 10.5 Å². The van der Waals surface area contributed by atoms with Gasteiger partial charge in [0.2, 0.25) is 5.91 Å². The smallest absolute Gasteiger partial charge is 0.303 e. The first-order chi connectivity index (χ1) is 13.2. The van der Waals surface area contributed by atoms with Crippen LogP contribution in [0.2, 0.25) is 0 Å². The Morgan fingerprint density at radius 3 is 2.43 bits per heavy atom. The van der Waals surface area contributed by atoms with Gasteiger partial charge in [0.1, 0.15) is 18.3 Å². The fourth-order valence-corrected chi connectivity index (χ4v) is 2.59. The van der Waals surface area contributed by atoms with Crippen LogP contribution in [0.1, 0.15) is 5.56 Å². The number of hydrogen-bond acceptors (Lipinski definition) is 11.